The summed E-state index contributed by atoms with van der Waals surface area (Å²) in [5.41, 5.74) is 6.61. The number of nitro groups is 1. The Morgan fingerprint density at radius 2 is 1.94 bits per heavy atom. The number of nitrogens with two attached hydrogens (primary N) is 1. The Bertz CT molecular complexity index is 533. The molecule has 0 amide bonds. The highest BCUT2D eigenvalue weighted by Gasteiger charge is 2.21. The van der Waals surface area contributed by atoms with Gasteiger partial charge in [0.25, 0.3) is 0 Å². The standard InChI is InChI=1S/C10H8N2O3S/c11-10-9(12(14)15)8(5-16-10)6-1-3-7(13)4-2-6/h1-5,13H,11H2. The van der Waals surface area contributed by atoms with Crippen LogP contribution in [0.5, 0.6) is 5.75 Å². The fraction of sp³-hybridized carbons (Fsp3) is 0. The van der Waals surface area contributed by atoms with Crippen molar-refractivity contribution in [3.05, 3.63) is 39.8 Å². The zero-order valence-corrected chi connectivity index (χ0v) is 8.90. The maximum Gasteiger partial charge on any atom is 0.310 e. The van der Waals surface area contributed by atoms with Crippen LogP contribution in [0.2, 0.25) is 0 Å². The van der Waals surface area contributed by atoms with Crippen molar-refractivity contribution in [1.82, 2.24) is 0 Å². The Labute approximate surface area is 94.9 Å². The van der Waals surface area contributed by atoms with Gasteiger partial charge < -0.3 is 10.8 Å². The number of aromatic hydroxyl groups is 1. The fourth-order valence-corrected chi connectivity index (χ4v) is 2.19. The van der Waals surface area contributed by atoms with Gasteiger partial charge in [0.1, 0.15) is 5.75 Å². The molecule has 2 rings (SSSR count). The average Bonchev–Trinajstić information content (AvgIpc) is 2.61. The van der Waals surface area contributed by atoms with E-state index in [0.717, 1.165) is 11.3 Å². The number of phenols is 1. The molecule has 0 aliphatic heterocycles. The number of hydrogen-bond donors (Lipinski definition) is 2. The van der Waals surface area contributed by atoms with Gasteiger partial charge in [0.2, 0.25) is 0 Å². The van der Waals surface area contributed by atoms with Crippen molar-refractivity contribution in [1.29, 1.82) is 0 Å². The predicted molar refractivity (Wildman–Crippen MR) is 62.5 cm³/mol. The minimum Gasteiger partial charge on any atom is -0.508 e. The number of thiophene rings is 1. The van der Waals surface area contributed by atoms with Gasteiger partial charge in [0, 0.05) is 5.38 Å². The van der Waals surface area contributed by atoms with Crippen LogP contribution in [-0.4, -0.2) is 10.0 Å². The van der Waals surface area contributed by atoms with E-state index in [2.05, 4.69) is 0 Å². The molecule has 1 aromatic carbocycles. The van der Waals surface area contributed by atoms with Gasteiger partial charge in [0.15, 0.2) is 5.00 Å². The second-order valence-electron chi connectivity index (χ2n) is 3.17. The number of hydrogen-bond acceptors (Lipinski definition) is 5. The smallest absolute Gasteiger partial charge is 0.310 e. The second-order valence-corrected chi connectivity index (χ2v) is 4.08. The van der Waals surface area contributed by atoms with Crippen molar-refractivity contribution in [3.8, 4) is 16.9 Å². The number of rotatable bonds is 2. The zero-order chi connectivity index (χ0) is 11.7. The van der Waals surface area contributed by atoms with Crippen LogP contribution in [0.1, 0.15) is 0 Å². The molecule has 1 heterocycles. The molecular weight excluding hydrogens is 228 g/mol. The van der Waals surface area contributed by atoms with E-state index in [0.29, 0.717) is 11.1 Å². The molecule has 0 aliphatic rings. The minimum absolute atomic E-state index is 0.0734. The lowest BCUT2D eigenvalue weighted by molar-refractivity contribution is -0.382. The third-order valence-electron chi connectivity index (χ3n) is 2.15. The van der Waals surface area contributed by atoms with Crippen LogP contribution < -0.4 is 5.73 Å². The van der Waals surface area contributed by atoms with E-state index in [4.69, 9.17) is 10.8 Å². The first kappa shape index (κ1) is 10.4. The number of anilines is 1. The van der Waals surface area contributed by atoms with Crippen LogP contribution in [0, 0.1) is 10.1 Å². The van der Waals surface area contributed by atoms with Gasteiger partial charge >= 0.3 is 5.69 Å². The summed E-state index contributed by atoms with van der Waals surface area (Å²) in [5, 5.41) is 21.8. The van der Waals surface area contributed by atoms with Crippen LogP contribution in [0.4, 0.5) is 10.7 Å². The fourth-order valence-electron chi connectivity index (χ4n) is 1.40. The molecule has 1 aromatic heterocycles. The van der Waals surface area contributed by atoms with Crippen molar-refractivity contribution >= 4 is 22.0 Å². The average molecular weight is 236 g/mol. The summed E-state index contributed by atoms with van der Waals surface area (Å²) in [6, 6.07) is 6.19. The van der Waals surface area contributed by atoms with E-state index in [1.54, 1.807) is 17.5 Å². The molecule has 3 N–H and O–H groups in total. The third kappa shape index (κ3) is 1.70. The van der Waals surface area contributed by atoms with E-state index in [9.17, 15) is 10.1 Å². The van der Waals surface area contributed by atoms with Gasteiger partial charge in [-0.15, -0.1) is 11.3 Å². The summed E-state index contributed by atoms with van der Waals surface area (Å²) in [7, 11) is 0. The lowest BCUT2D eigenvalue weighted by Gasteiger charge is -1.98. The number of benzene rings is 1. The first-order chi connectivity index (χ1) is 7.59. The monoisotopic (exact) mass is 236 g/mol. The van der Waals surface area contributed by atoms with Crippen LogP contribution >= 0.6 is 11.3 Å². The van der Waals surface area contributed by atoms with Gasteiger partial charge in [-0.25, -0.2) is 0 Å². The highest BCUT2D eigenvalue weighted by molar-refractivity contribution is 7.15. The van der Waals surface area contributed by atoms with Crippen molar-refractivity contribution in [2.24, 2.45) is 0 Å². The molecule has 16 heavy (non-hydrogen) atoms. The summed E-state index contributed by atoms with van der Waals surface area (Å²) in [5.74, 6) is 0.120. The number of nitrogens with zero attached hydrogens (tertiary/aromatic N) is 1. The van der Waals surface area contributed by atoms with Crippen LogP contribution in [0.25, 0.3) is 11.1 Å². The first-order valence-corrected chi connectivity index (χ1v) is 5.28. The van der Waals surface area contributed by atoms with Gasteiger partial charge in [-0.05, 0) is 17.7 Å². The van der Waals surface area contributed by atoms with Crippen LogP contribution in [0.15, 0.2) is 29.6 Å². The first-order valence-electron chi connectivity index (χ1n) is 4.40. The number of phenolic OH excluding ortho intramolecular Hbond substituents is 1. The second kappa shape index (κ2) is 3.82. The molecule has 82 valence electrons. The Morgan fingerprint density at radius 1 is 1.31 bits per heavy atom. The molecule has 2 aromatic rings. The molecule has 0 atom stereocenters. The Morgan fingerprint density at radius 3 is 2.50 bits per heavy atom. The van der Waals surface area contributed by atoms with Crippen molar-refractivity contribution in [2.45, 2.75) is 0 Å². The van der Waals surface area contributed by atoms with E-state index in [1.165, 1.54) is 12.1 Å². The highest BCUT2D eigenvalue weighted by Crippen LogP contribution is 2.40. The summed E-state index contributed by atoms with van der Waals surface area (Å²) in [4.78, 5) is 10.3. The molecular formula is C10H8N2O3S. The van der Waals surface area contributed by atoms with E-state index < -0.39 is 4.92 Å². The third-order valence-corrected chi connectivity index (χ3v) is 2.95. The normalized spacial score (nSPS) is 10.2. The maximum absolute atomic E-state index is 10.8. The van der Waals surface area contributed by atoms with Gasteiger partial charge in [0.05, 0.1) is 10.5 Å². The van der Waals surface area contributed by atoms with Gasteiger partial charge in [-0.2, -0.15) is 0 Å². The molecule has 5 nitrogen and oxygen atoms in total. The van der Waals surface area contributed by atoms with E-state index in [1.807, 2.05) is 0 Å². The zero-order valence-electron chi connectivity index (χ0n) is 8.08. The summed E-state index contributed by atoms with van der Waals surface area (Å²) >= 11 is 1.13. The molecule has 6 heteroatoms. The van der Waals surface area contributed by atoms with Crippen molar-refractivity contribution in [3.63, 3.8) is 0 Å². The lowest BCUT2D eigenvalue weighted by atomic mass is 10.1. The SMILES string of the molecule is Nc1scc(-c2ccc(O)cc2)c1[N+](=O)[O-]. The molecule has 0 saturated heterocycles. The van der Waals surface area contributed by atoms with Crippen molar-refractivity contribution < 1.29 is 10.0 Å². The van der Waals surface area contributed by atoms with Crippen molar-refractivity contribution in [2.75, 3.05) is 5.73 Å². The topological polar surface area (TPSA) is 89.4 Å². The minimum atomic E-state index is -0.492. The number of nitrogen functional groups attached to an aromatic ring is 1. The lowest BCUT2D eigenvalue weighted by Crippen LogP contribution is -1.92. The molecule has 0 unspecified atom stereocenters. The Kier molecular flexibility index (Phi) is 2.49. The molecule has 0 spiro atoms. The maximum atomic E-state index is 10.8. The molecule has 0 fully saturated rings. The van der Waals surface area contributed by atoms with Crippen LogP contribution in [-0.2, 0) is 0 Å². The highest BCUT2D eigenvalue weighted by atomic mass is 32.1. The van der Waals surface area contributed by atoms with Crippen LogP contribution in [0.3, 0.4) is 0 Å². The van der Waals surface area contributed by atoms with E-state index >= 15 is 0 Å². The molecule has 0 saturated carbocycles. The summed E-state index contributed by atoms with van der Waals surface area (Å²) in [6.45, 7) is 0. The van der Waals surface area contributed by atoms with Gasteiger partial charge in [-0.3, -0.25) is 10.1 Å². The molecule has 0 bridgehead atoms. The summed E-state index contributed by atoms with van der Waals surface area (Å²) in [6.07, 6.45) is 0. The van der Waals surface area contributed by atoms with E-state index in [-0.39, 0.29) is 16.4 Å². The molecule has 0 aliphatic carbocycles. The van der Waals surface area contributed by atoms with Gasteiger partial charge in [-0.1, -0.05) is 12.1 Å². The Hall–Kier alpha value is -2.08. The summed E-state index contributed by atoms with van der Waals surface area (Å²) < 4.78 is 0. The molecule has 0 radical (unpaired) electrons. The predicted octanol–water partition coefficient (Wildman–Crippen LogP) is 2.61. The Balaban J connectivity index is 2.56. The largest absolute Gasteiger partial charge is 0.508 e. The quantitative estimate of drug-likeness (QED) is 0.619.